The highest BCUT2D eigenvalue weighted by Gasteiger charge is 2.15. The molecule has 0 fully saturated rings. The number of nitrogens with one attached hydrogen (secondary N) is 1. The molecule has 0 unspecified atom stereocenters. The van der Waals surface area contributed by atoms with Gasteiger partial charge in [0.05, 0.1) is 11.1 Å². The van der Waals surface area contributed by atoms with E-state index in [-0.39, 0.29) is 4.88 Å². The average molecular weight is 425 g/mol. The maximum absolute atomic E-state index is 13.6. The molecule has 0 aliphatic carbocycles. The largest absolute Gasteiger partial charge is 0.368 e. The molecule has 28 heavy (non-hydrogen) atoms. The topological polar surface area (TPSA) is 111 Å². The second-order valence-corrected chi connectivity index (χ2v) is 8.31. The maximum Gasteiger partial charge on any atom is 0.290 e. The molecular formula is C17H13F2N3O4S2. The molecule has 0 aliphatic rings. The van der Waals surface area contributed by atoms with Crippen molar-refractivity contribution in [1.82, 2.24) is 5.48 Å². The molecule has 11 heteroatoms. The molecule has 0 saturated heterocycles. The van der Waals surface area contributed by atoms with Crippen molar-refractivity contribution in [3.05, 3.63) is 59.0 Å². The van der Waals surface area contributed by atoms with Gasteiger partial charge in [-0.25, -0.2) is 14.3 Å². The van der Waals surface area contributed by atoms with Crippen LogP contribution >= 0.6 is 11.3 Å². The molecule has 0 atom stereocenters. The fourth-order valence-electron chi connectivity index (χ4n) is 2.39. The first kappa shape index (κ1) is 19.9. The summed E-state index contributed by atoms with van der Waals surface area (Å²) in [7, 11) is -3.82. The van der Waals surface area contributed by atoms with E-state index in [0.29, 0.717) is 16.5 Å². The van der Waals surface area contributed by atoms with Crippen LogP contribution in [-0.2, 0) is 14.4 Å². The van der Waals surface area contributed by atoms with Gasteiger partial charge in [0.25, 0.3) is 16.0 Å². The number of thiophene rings is 1. The van der Waals surface area contributed by atoms with Crippen LogP contribution in [0.4, 0.5) is 8.78 Å². The van der Waals surface area contributed by atoms with Crippen molar-refractivity contribution >= 4 is 43.4 Å². The van der Waals surface area contributed by atoms with Gasteiger partial charge >= 0.3 is 0 Å². The molecule has 7 nitrogen and oxygen atoms in total. The van der Waals surface area contributed by atoms with Crippen molar-refractivity contribution in [2.45, 2.75) is 0 Å². The SMILES string of the molecule is CS(=O)(=O)ONC(N)=NC(=O)c1cc2c(-c3ccc(F)c(F)c3)cccc2s1. The number of hydrogen-bond acceptors (Lipinski definition) is 5. The Morgan fingerprint density at radius 2 is 1.93 bits per heavy atom. The molecule has 3 N–H and O–H groups in total. The van der Waals surface area contributed by atoms with Crippen LogP contribution in [0.25, 0.3) is 21.2 Å². The van der Waals surface area contributed by atoms with Gasteiger partial charge in [-0.15, -0.1) is 15.6 Å². The van der Waals surface area contributed by atoms with Crippen molar-refractivity contribution in [2.75, 3.05) is 6.26 Å². The number of carbonyl (C=O) groups is 1. The third-order valence-corrected chi connectivity index (χ3v) is 5.00. The lowest BCUT2D eigenvalue weighted by molar-refractivity contribution is 0.100. The third-order valence-electron chi connectivity index (χ3n) is 3.52. The number of fused-ring (bicyclic) bond motifs is 1. The van der Waals surface area contributed by atoms with Gasteiger partial charge < -0.3 is 5.73 Å². The lowest BCUT2D eigenvalue weighted by Crippen LogP contribution is -2.34. The zero-order valence-corrected chi connectivity index (χ0v) is 15.9. The smallest absolute Gasteiger partial charge is 0.290 e. The van der Waals surface area contributed by atoms with Gasteiger partial charge in [0, 0.05) is 10.1 Å². The standard InChI is InChI=1S/C17H13F2N3O4S2/c1-28(24,25)26-22-17(20)21-16(23)15-8-11-10(3-2-4-14(11)27-15)9-5-6-12(18)13(19)7-9/h2-8H,1H3,(H3,20,21,22,23). The number of rotatable bonds is 4. The third kappa shape index (κ3) is 4.50. The van der Waals surface area contributed by atoms with Gasteiger partial charge in [0.1, 0.15) is 0 Å². The summed E-state index contributed by atoms with van der Waals surface area (Å²) in [6, 6.07) is 10.3. The Balaban J connectivity index is 1.94. The normalized spacial score (nSPS) is 12.3. The number of hydroxylamine groups is 1. The van der Waals surface area contributed by atoms with E-state index in [2.05, 4.69) is 9.28 Å². The highest BCUT2D eigenvalue weighted by molar-refractivity contribution is 7.85. The Bertz CT molecular complexity index is 1210. The number of carbonyl (C=O) groups excluding carboxylic acids is 1. The molecule has 0 bridgehead atoms. The van der Waals surface area contributed by atoms with E-state index in [1.165, 1.54) is 6.07 Å². The van der Waals surface area contributed by atoms with Crippen LogP contribution in [-0.4, -0.2) is 26.5 Å². The fourth-order valence-corrected chi connectivity index (χ4v) is 3.60. The number of nitrogens with two attached hydrogens (primary N) is 1. The van der Waals surface area contributed by atoms with Crippen LogP contribution < -0.4 is 11.2 Å². The number of guanidine groups is 1. The van der Waals surface area contributed by atoms with Crippen molar-refractivity contribution in [2.24, 2.45) is 10.7 Å². The van der Waals surface area contributed by atoms with Crippen molar-refractivity contribution in [1.29, 1.82) is 0 Å². The lowest BCUT2D eigenvalue weighted by atomic mass is 10.0. The van der Waals surface area contributed by atoms with E-state index in [1.807, 2.05) is 5.48 Å². The number of aliphatic imine (C=N–C) groups is 1. The van der Waals surface area contributed by atoms with Gasteiger partial charge in [-0.05, 0) is 35.4 Å². The lowest BCUT2D eigenvalue weighted by Gasteiger charge is -2.04. The van der Waals surface area contributed by atoms with E-state index < -0.39 is 33.6 Å². The first-order valence-corrected chi connectivity index (χ1v) is 10.3. The molecule has 1 heterocycles. The molecule has 1 amide bonds. The predicted molar refractivity (Wildman–Crippen MR) is 102 cm³/mol. The van der Waals surface area contributed by atoms with E-state index in [1.54, 1.807) is 24.3 Å². The van der Waals surface area contributed by atoms with E-state index in [4.69, 9.17) is 5.73 Å². The summed E-state index contributed by atoms with van der Waals surface area (Å²) in [4.78, 5) is 16.0. The van der Waals surface area contributed by atoms with Gasteiger partial charge in [-0.3, -0.25) is 4.79 Å². The molecule has 2 aromatic carbocycles. The minimum Gasteiger partial charge on any atom is -0.368 e. The highest BCUT2D eigenvalue weighted by Crippen LogP contribution is 2.35. The second kappa shape index (κ2) is 7.62. The van der Waals surface area contributed by atoms with Crippen LogP contribution in [0.5, 0.6) is 0 Å². The van der Waals surface area contributed by atoms with Gasteiger partial charge in [-0.2, -0.15) is 13.4 Å². The number of amides is 1. The molecule has 3 rings (SSSR count). The first-order chi connectivity index (χ1) is 13.1. The molecule has 146 valence electrons. The van der Waals surface area contributed by atoms with Crippen LogP contribution in [0, 0.1) is 11.6 Å². The quantitative estimate of drug-likeness (QED) is 0.378. The zero-order chi connectivity index (χ0) is 20.5. The molecule has 0 spiro atoms. The average Bonchev–Trinajstić information content (AvgIpc) is 3.06. The van der Waals surface area contributed by atoms with Crippen molar-refractivity contribution in [3.63, 3.8) is 0 Å². The Hall–Kier alpha value is -2.89. The Morgan fingerprint density at radius 1 is 1.18 bits per heavy atom. The summed E-state index contributed by atoms with van der Waals surface area (Å²) < 4.78 is 53.5. The van der Waals surface area contributed by atoms with Crippen LogP contribution in [0.2, 0.25) is 0 Å². The van der Waals surface area contributed by atoms with Crippen LogP contribution in [0.1, 0.15) is 9.67 Å². The molecule has 3 aromatic rings. The Labute approximate surface area is 162 Å². The minimum atomic E-state index is -3.82. The van der Waals surface area contributed by atoms with E-state index in [9.17, 15) is 22.0 Å². The number of benzene rings is 2. The zero-order valence-electron chi connectivity index (χ0n) is 14.3. The van der Waals surface area contributed by atoms with Crippen molar-refractivity contribution in [3.8, 4) is 11.1 Å². The summed E-state index contributed by atoms with van der Waals surface area (Å²) in [5.74, 6) is -3.19. The number of nitrogens with zero attached hydrogens (tertiary/aromatic N) is 1. The van der Waals surface area contributed by atoms with Crippen molar-refractivity contribution < 1.29 is 26.3 Å². The Kier molecular flexibility index (Phi) is 5.40. The fraction of sp³-hybridized carbons (Fsp3) is 0.0588. The highest BCUT2D eigenvalue weighted by atomic mass is 32.2. The summed E-state index contributed by atoms with van der Waals surface area (Å²) in [6.07, 6.45) is 0.793. The number of halogens is 2. The molecule has 1 aromatic heterocycles. The van der Waals surface area contributed by atoms with E-state index in [0.717, 1.165) is 34.4 Å². The summed E-state index contributed by atoms with van der Waals surface area (Å²) in [6.45, 7) is 0. The van der Waals surface area contributed by atoms with Gasteiger partial charge in [-0.1, -0.05) is 18.2 Å². The monoisotopic (exact) mass is 425 g/mol. The molecule has 0 aliphatic heterocycles. The molecule has 0 saturated carbocycles. The first-order valence-electron chi connectivity index (χ1n) is 7.65. The minimum absolute atomic E-state index is 0.217. The molecule has 0 radical (unpaired) electrons. The number of hydrogen-bond donors (Lipinski definition) is 2. The Morgan fingerprint density at radius 3 is 2.61 bits per heavy atom. The predicted octanol–water partition coefficient (Wildman–Crippen LogP) is 2.78. The van der Waals surface area contributed by atoms with Gasteiger partial charge in [0.2, 0.25) is 5.96 Å². The summed E-state index contributed by atoms with van der Waals surface area (Å²) in [5, 5.41) is 0.649. The van der Waals surface area contributed by atoms with E-state index >= 15 is 0 Å². The summed E-state index contributed by atoms with van der Waals surface area (Å²) in [5.41, 5.74) is 8.34. The van der Waals surface area contributed by atoms with Gasteiger partial charge in [0.15, 0.2) is 11.6 Å². The summed E-state index contributed by atoms with van der Waals surface area (Å²) >= 11 is 1.12. The van der Waals surface area contributed by atoms with Crippen LogP contribution in [0.15, 0.2) is 47.5 Å². The molecular weight excluding hydrogens is 412 g/mol. The van der Waals surface area contributed by atoms with Crippen LogP contribution in [0.3, 0.4) is 0 Å². The maximum atomic E-state index is 13.6. The second-order valence-electron chi connectivity index (χ2n) is 5.65.